The maximum Gasteiger partial charge on any atom is 0.254 e. The van der Waals surface area contributed by atoms with Gasteiger partial charge in [-0.05, 0) is 25.1 Å². The van der Waals surface area contributed by atoms with Gasteiger partial charge in [-0.25, -0.2) is 0 Å². The molecular weight excluding hydrogens is 320 g/mol. The lowest BCUT2D eigenvalue weighted by Gasteiger charge is -2.34. The minimum absolute atomic E-state index is 0.00984. The van der Waals surface area contributed by atoms with Crippen LogP contribution >= 0.6 is 0 Å². The third-order valence-electron chi connectivity index (χ3n) is 4.24. The van der Waals surface area contributed by atoms with E-state index in [0.717, 1.165) is 11.3 Å². The Morgan fingerprint density at radius 1 is 1.36 bits per heavy atom. The van der Waals surface area contributed by atoms with Gasteiger partial charge in [0, 0.05) is 32.0 Å². The highest BCUT2D eigenvalue weighted by Crippen LogP contribution is 2.22. The molecule has 1 aliphatic rings. The Balaban J connectivity index is 1.75. The van der Waals surface area contributed by atoms with E-state index in [1.165, 1.54) is 7.11 Å². The number of aromatic nitrogens is 2. The van der Waals surface area contributed by atoms with Crippen LogP contribution in [0.1, 0.15) is 27.7 Å². The van der Waals surface area contributed by atoms with E-state index in [9.17, 15) is 9.59 Å². The summed E-state index contributed by atoms with van der Waals surface area (Å²) in [6.07, 6.45) is 1.72. The summed E-state index contributed by atoms with van der Waals surface area (Å²) in [5.41, 5.74) is 2.68. The van der Waals surface area contributed by atoms with Gasteiger partial charge in [0.2, 0.25) is 5.91 Å². The Labute approximate surface area is 146 Å². The van der Waals surface area contributed by atoms with Gasteiger partial charge >= 0.3 is 0 Å². The van der Waals surface area contributed by atoms with Crippen LogP contribution < -0.4 is 5.32 Å². The van der Waals surface area contributed by atoms with E-state index in [-0.39, 0.29) is 24.5 Å². The second kappa shape index (κ2) is 7.48. The SMILES string of the molecule is COCC(=O)NCC1CN(C(=O)c2cccc(C)c2)Cc2ccnn21. The van der Waals surface area contributed by atoms with E-state index < -0.39 is 0 Å². The first-order valence-electron chi connectivity index (χ1n) is 8.22. The summed E-state index contributed by atoms with van der Waals surface area (Å²) < 4.78 is 6.71. The van der Waals surface area contributed by atoms with Gasteiger partial charge in [0.15, 0.2) is 0 Å². The Morgan fingerprint density at radius 3 is 2.96 bits per heavy atom. The van der Waals surface area contributed by atoms with Crippen LogP contribution in [0.25, 0.3) is 0 Å². The van der Waals surface area contributed by atoms with Crippen molar-refractivity contribution in [1.82, 2.24) is 20.0 Å². The smallest absolute Gasteiger partial charge is 0.254 e. The average molecular weight is 342 g/mol. The normalized spacial score (nSPS) is 16.4. The van der Waals surface area contributed by atoms with E-state index in [1.807, 2.05) is 41.9 Å². The summed E-state index contributed by atoms with van der Waals surface area (Å²) in [7, 11) is 1.48. The van der Waals surface area contributed by atoms with Gasteiger partial charge in [0.1, 0.15) is 6.61 Å². The van der Waals surface area contributed by atoms with Crippen LogP contribution in [0.2, 0.25) is 0 Å². The zero-order valence-electron chi connectivity index (χ0n) is 14.4. The molecule has 132 valence electrons. The lowest BCUT2D eigenvalue weighted by Crippen LogP contribution is -2.45. The van der Waals surface area contributed by atoms with Crippen LogP contribution in [0, 0.1) is 6.92 Å². The summed E-state index contributed by atoms with van der Waals surface area (Å²) in [5, 5.41) is 7.17. The van der Waals surface area contributed by atoms with Crippen LogP contribution in [-0.2, 0) is 16.1 Å². The number of carbonyl (C=O) groups excluding carboxylic acids is 2. The van der Waals surface area contributed by atoms with Crippen LogP contribution in [0.4, 0.5) is 0 Å². The number of rotatable bonds is 5. The summed E-state index contributed by atoms with van der Waals surface area (Å²) in [5.74, 6) is -0.192. The molecule has 2 amide bonds. The van der Waals surface area contributed by atoms with Crippen molar-refractivity contribution in [3.63, 3.8) is 0 Å². The molecule has 1 atom stereocenters. The minimum Gasteiger partial charge on any atom is -0.375 e. The number of ether oxygens (including phenoxy) is 1. The maximum atomic E-state index is 12.9. The quantitative estimate of drug-likeness (QED) is 0.884. The van der Waals surface area contributed by atoms with Gasteiger partial charge in [-0.2, -0.15) is 5.10 Å². The van der Waals surface area contributed by atoms with Crippen molar-refractivity contribution in [2.24, 2.45) is 0 Å². The van der Waals surface area contributed by atoms with Crippen molar-refractivity contribution in [1.29, 1.82) is 0 Å². The van der Waals surface area contributed by atoms with Crippen molar-refractivity contribution in [3.8, 4) is 0 Å². The molecule has 2 heterocycles. The number of carbonyl (C=O) groups is 2. The Morgan fingerprint density at radius 2 is 2.20 bits per heavy atom. The predicted octanol–water partition coefficient (Wildman–Crippen LogP) is 1.15. The number of nitrogens with zero attached hydrogens (tertiary/aromatic N) is 3. The van der Waals surface area contributed by atoms with Gasteiger partial charge in [0.05, 0.1) is 18.3 Å². The molecule has 0 radical (unpaired) electrons. The van der Waals surface area contributed by atoms with Crippen LogP contribution in [0.3, 0.4) is 0 Å². The standard InChI is InChI=1S/C18H22N4O3/c1-13-4-3-5-14(8-13)18(24)21-10-15-6-7-20-22(15)16(11-21)9-19-17(23)12-25-2/h3-8,16H,9-12H2,1-2H3,(H,19,23). The topological polar surface area (TPSA) is 76.5 Å². The highest BCUT2D eigenvalue weighted by atomic mass is 16.5. The molecule has 3 rings (SSSR count). The number of aryl methyl sites for hydroxylation is 1. The molecule has 1 aromatic carbocycles. The summed E-state index contributed by atoms with van der Waals surface area (Å²) in [6.45, 7) is 3.39. The summed E-state index contributed by atoms with van der Waals surface area (Å²) in [6, 6.07) is 9.38. The molecule has 25 heavy (non-hydrogen) atoms. The molecule has 2 aromatic rings. The van der Waals surface area contributed by atoms with Crippen LogP contribution in [0.5, 0.6) is 0 Å². The molecule has 1 aromatic heterocycles. The summed E-state index contributed by atoms with van der Waals surface area (Å²) in [4.78, 5) is 26.3. The Bertz CT molecular complexity index is 771. The average Bonchev–Trinajstić information content (AvgIpc) is 3.08. The first-order valence-corrected chi connectivity index (χ1v) is 8.22. The number of hydrogen-bond acceptors (Lipinski definition) is 4. The highest BCUT2D eigenvalue weighted by molar-refractivity contribution is 5.94. The number of nitrogens with one attached hydrogen (secondary N) is 1. The number of fused-ring (bicyclic) bond motifs is 1. The summed E-state index contributed by atoms with van der Waals surface area (Å²) >= 11 is 0. The predicted molar refractivity (Wildman–Crippen MR) is 92.1 cm³/mol. The van der Waals surface area contributed by atoms with Crippen LogP contribution in [0.15, 0.2) is 36.5 Å². The fourth-order valence-electron chi connectivity index (χ4n) is 3.07. The van der Waals surface area contributed by atoms with Gasteiger partial charge in [-0.1, -0.05) is 17.7 Å². The van der Waals surface area contributed by atoms with E-state index >= 15 is 0 Å². The zero-order valence-corrected chi connectivity index (χ0v) is 14.4. The molecule has 1 aliphatic heterocycles. The van der Waals surface area contributed by atoms with E-state index in [0.29, 0.717) is 25.2 Å². The van der Waals surface area contributed by atoms with Crippen molar-refractivity contribution in [2.75, 3.05) is 26.8 Å². The van der Waals surface area contributed by atoms with Crippen molar-refractivity contribution in [3.05, 3.63) is 53.3 Å². The first kappa shape index (κ1) is 17.2. The fourth-order valence-corrected chi connectivity index (χ4v) is 3.07. The second-order valence-electron chi connectivity index (χ2n) is 6.21. The van der Waals surface area contributed by atoms with E-state index in [1.54, 1.807) is 11.1 Å². The molecule has 7 heteroatoms. The molecule has 7 nitrogen and oxygen atoms in total. The number of benzene rings is 1. The van der Waals surface area contributed by atoms with Crippen molar-refractivity contribution >= 4 is 11.8 Å². The van der Waals surface area contributed by atoms with E-state index in [4.69, 9.17) is 4.74 Å². The monoisotopic (exact) mass is 342 g/mol. The molecule has 0 saturated heterocycles. The number of amides is 2. The van der Waals surface area contributed by atoms with E-state index in [2.05, 4.69) is 10.4 Å². The van der Waals surface area contributed by atoms with Gasteiger partial charge in [0.25, 0.3) is 5.91 Å². The zero-order chi connectivity index (χ0) is 17.8. The van der Waals surface area contributed by atoms with Crippen molar-refractivity contribution < 1.29 is 14.3 Å². The van der Waals surface area contributed by atoms with Gasteiger partial charge < -0.3 is 15.0 Å². The third-order valence-corrected chi connectivity index (χ3v) is 4.24. The molecular formula is C18H22N4O3. The number of methoxy groups -OCH3 is 1. The molecule has 0 fully saturated rings. The molecule has 1 unspecified atom stereocenters. The van der Waals surface area contributed by atoms with Gasteiger partial charge in [-0.3, -0.25) is 14.3 Å². The molecule has 0 bridgehead atoms. The minimum atomic E-state index is -0.182. The second-order valence-corrected chi connectivity index (χ2v) is 6.21. The number of hydrogen-bond donors (Lipinski definition) is 1. The van der Waals surface area contributed by atoms with Crippen molar-refractivity contribution in [2.45, 2.75) is 19.5 Å². The Hall–Kier alpha value is -2.67. The van der Waals surface area contributed by atoms with Crippen LogP contribution in [-0.4, -0.2) is 53.3 Å². The largest absolute Gasteiger partial charge is 0.375 e. The van der Waals surface area contributed by atoms with Gasteiger partial charge in [-0.15, -0.1) is 0 Å². The lowest BCUT2D eigenvalue weighted by atomic mass is 10.1. The Kier molecular flexibility index (Phi) is 5.14. The molecule has 0 aliphatic carbocycles. The highest BCUT2D eigenvalue weighted by Gasteiger charge is 2.29. The first-order chi connectivity index (χ1) is 12.1. The lowest BCUT2D eigenvalue weighted by molar-refractivity contribution is -0.124. The third kappa shape index (κ3) is 3.88. The molecule has 0 spiro atoms. The maximum absolute atomic E-state index is 12.9. The fraction of sp³-hybridized carbons (Fsp3) is 0.389. The molecule has 1 N–H and O–H groups in total. The molecule has 0 saturated carbocycles.